The molecule has 2 rings (SSSR count). The molecule has 0 unspecified atom stereocenters. The van der Waals surface area contributed by atoms with Crippen molar-refractivity contribution in [1.82, 2.24) is 4.98 Å². The maximum Gasteiger partial charge on any atom is 0.573 e. The van der Waals surface area contributed by atoms with Gasteiger partial charge in [0.2, 0.25) is 5.95 Å². The Balaban J connectivity index is 2.30. The predicted molar refractivity (Wildman–Crippen MR) is 69.0 cm³/mol. The van der Waals surface area contributed by atoms with E-state index in [4.69, 9.17) is 0 Å². The van der Waals surface area contributed by atoms with Crippen LogP contribution in [0.4, 0.5) is 17.6 Å². The molecule has 0 saturated heterocycles. The number of hydrogen-bond acceptors (Lipinski definition) is 2. The standard InChI is InChI=1S/C12H6F4INO/c13-11-10(5-8(17)6-18-11)7-1-3-9(4-2-7)19-12(14,15)16/h1-6H. The van der Waals surface area contributed by atoms with Gasteiger partial charge in [0, 0.05) is 15.3 Å². The fourth-order valence-electron chi connectivity index (χ4n) is 1.46. The Labute approximate surface area is 119 Å². The average Bonchev–Trinajstić information content (AvgIpc) is 2.31. The van der Waals surface area contributed by atoms with Crippen LogP contribution in [0.15, 0.2) is 36.5 Å². The summed E-state index contributed by atoms with van der Waals surface area (Å²) in [6.45, 7) is 0. The molecule has 7 heteroatoms. The monoisotopic (exact) mass is 383 g/mol. The summed E-state index contributed by atoms with van der Waals surface area (Å²) in [7, 11) is 0. The number of alkyl halides is 3. The fourth-order valence-corrected chi connectivity index (χ4v) is 1.91. The van der Waals surface area contributed by atoms with Crippen molar-refractivity contribution in [1.29, 1.82) is 0 Å². The van der Waals surface area contributed by atoms with Gasteiger partial charge in [-0.1, -0.05) is 12.1 Å². The zero-order valence-corrected chi connectivity index (χ0v) is 11.4. The first kappa shape index (κ1) is 14.0. The second kappa shape index (κ2) is 5.32. The van der Waals surface area contributed by atoms with Crippen molar-refractivity contribution in [2.45, 2.75) is 6.36 Å². The molecule has 100 valence electrons. The van der Waals surface area contributed by atoms with Crippen molar-refractivity contribution in [2.24, 2.45) is 0 Å². The molecule has 1 heterocycles. The van der Waals surface area contributed by atoms with E-state index in [2.05, 4.69) is 9.72 Å². The summed E-state index contributed by atoms with van der Waals surface area (Å²) in [5, 5.41) is 0. The van der Waals surface area contributed by atoms with Crippen LogP contribution in [0.2, 0.25) is 0 Å². The van der Waals surface area contributed by atoms with Crippen LogP contribution in [-0.4, -0.2) is 11.3 Å². The molecule has 2 aromatic rings. The Morgan fingerprint density at radius 2 is 1.74 bits per heavy atom. The Morgan fingerprint density at radius 3 is 2.32 bits per heavy atom. The molecule has 0 spiro atoms. The molecule has 0 fully saturated rings. The van der Waals surface area contributed by atoms with Gasteiger partial charge in [0.1, 0.15) is 5.75 Å². The zero-order chi connectivity index (χ0) is 14.0. The van der Waals surface area contributed by atoms with E-state index in [0.29, 0.717) is 5.56 Å². The molecule has 0 amide bonds. The van der Waals surface area contributed by atoms with Gasteiger partial charge in [-0.2, -0.15) is 4.39 Å². The van der Waals surface area contributed by atoms with E-state index in [1.54, 1.807) is 6.07 Å². The number of pyridine rings is 1. The van der Waals surface area contributed by atoms with Gasteiger partial charge in [-0.05, 0) is 46.4 Å². The minimum atomic E-state index is -4.74. The van der Waals surface area contributed by atoms with Crippen LogP contribution in [-0.2, 0) is 0 Å². The van der Waals surface area contributed by atoms with Crippen molar-refractivity contribution in [2.75, 3.05) is 0 Å². The molecule has 1 aromatic heterocycles. The van der Waals surface area contributed by atoms with Gasteiger partial charge in [-0.25, -0.2) is 4.98 Å². The number of rotatable bonds is 2. The summed E-state index contributed by atoms with van der Waals surface area (Å²) in [6, 6.07) is 6.50. The van der Waals surface area contributed by atoms with Crippen LogP contribution in [0.1, 0.15) is 0 Å². The Morgan fingerprint density at radius 1 is 1.11 bits per heavy atom. The van der Waals surface area contributed by atoms with Gasteiger partial charge in [0.05, 0.1) is 0 Å². The van der Waals surface area contributed by atoms with E-state index >= 15 is 0 Å². The van der Waals surface area contributed by atoms with Crippen LogP contribution in [0.25, 0.3) is 11.1 Å². The molecule has 0 N–H and O–H groups in total. The SMILES string of the molecule is Fc1ncc(I)cc1-c1ccc(OC(F)(F)F)cc1. The van der Waals surface area contributed by atoms with Gasteiger partial charge in [0.15, 0.2) is 0 Å². The third kappa shape index (κ3) is 3.79. The summed E-state index contributed by atoms with van der Waals surface area (Å²) in [6.07, 6.45) is -3.38. The Bertz CT molecular complexity index is 583. The number of hydrogen-bond donors (Lipinski definition) is 0. The largest absolute Gasteiger partial charge is 0.573 e. The molecular weight excluding hydrogens is 377 g/mol. The molecule has 19 heavy (non-hydrogen) atoms. The molecule has 2 nitrogen and oxygen atoms in total. The normalized spacial score (nSPS) is 11.4. The van der Waals surface area contributed by atoms with Crippen molar-refractivity contribution in [3.63, 3.8) is 0 Å². The predicted octanol–water partition coefficient (Wildman–Crippen LogP) is 4.39. The molecule has 0 aliphatic rings. The first-order valence-electron chi connectivity index (χ1n) is 5.02. The highest BCUT2D eigenvalue weighted by atomic mass is 127. The van der Waals surface area contributed by atoms with E-state index in [9.17, 15) is 17.6 Å². The summed E-state index contributed by atoms with van der Waals surface area (Å²) in [5.41, 5.74) is 0.656. The van der Waals surface area contributed by atoms with Gasteiger partial charge in [-0.15, -0.1) is 13.2 Å². The van der Waals surface area contributed by atoms with Crippen molar-refractivity contribution in [3.05, 3.63) is 46.0 Å². The van der Waals surface area contributed by atoms with Crippen LogP contribution < -0.4 is 4.74 Å². The average molecular weight is 383 g/mol. The first-order chi connectivity index (χ1) is 8.85. The summed E-state index contributed by atoms with van der Waals surface area (Å²) in [4.78, 5) is 3.55. The quantitative estimate of drug-likeness (QED) is 0.436. The van der Waals surface area contributed by atoms with Crippen LogP contribution in [0.5, 0.6) is 5.75 Å². The lowest BCUT2D eigenvalue weighted by atomic mass is 10.1. The second-order valence-electron chi connectivity index (χ2n) is 3.56. The highest BCUT2D eigenvalue weighted by molar-refractivity contribution is 14.1. The molecule has 0 aliphatic heterocycles. The number of aromatic nitrogens is 1. The van der Waals surface area contributed by atoms with Gasteiger partial charge >= 0.3 is 6.36 Å². The topological polar surface area (TPSA) is 22.1 Å². The smallest absolute Gasteiger partial charge is 0.406 e. The zero-order valence-electron chi connectivity index (χ0n) is 9.21. The third-order valence-corrected chi connectivity index (χ3v) is 2.79. The molecule has 0 radical (unpaired) electrons. The summed E-state index contributed by atoms with van der Waals surface area (Å²) < 4.78 is 53.9. The maximum absolute atomic E-state index is 13.5. The Hall–Kier alpha value is -1.38. The minimum Gasteiger partial charge on any atom is -0.406 e. The molecule has 1 aromatic carbocycles. The lowest BCUT2D eigenvalue weighted by Gasteiger charge is -2.09. The summed E-state index contributed by atoms with van der Waals surface area (Å²) in [5.74, 6) is -1.03. The lowest BCUT2D eigenvalue weighted by Crippen LogP contribution is -2.16. The second-order valence-corrected chi connectivity index (χ2v) is 4.81. The van der Waals surface area contributed by atoms with Gasteiger partial charge < -0.3 is 4.74 Å². The van der Waals surface area contributed by atoms with E-state index in [1.807, 2.05) is 22.6 Å². The van der Waals surface area contributed by atoms with Crippen molar-refractivity contribution < 1.29 is 22.3 Å². The van der Waals surface area contributed by atoms with Crippen LogP contribution in [0.3, 0.4) is 0 Å². The number of nitrogens with zero attached hydrogens (tertiary/aromatic N) is 1. The third-order valence-electron chi connectivity index (χ3n) is 2.20. The van der Waals surface area contributed by atoms with E-state index in [0.717, 1.165) is 15.7 Å². The van der Waals surface area contributed by atoms with Crippen LogP contribution >= 0.6 is 22.6 Å². The summed E-state index contributed by atoms with van der Waals surface area (Å²) >= 11 is 1.97. The van der Waals surface area contributed by atoms with E-state index in [1.165, 1.54) is 18.3 Å². The highest BCUT2D eigenvalue weighted by Crippen LogP contribution is 2.28. The first-order valence-corrected chi connectivity index (χ1v) is 6.10. The number of benzene rings is 1. The van der Waals surface area contributed by atoms with Crippen molar-refractivity contribution in [3.8, 4) is 16.9 Å². The van der Waals surface area contributed by atoms with Gasteiger partial charge in [0.25, 0.3) is 0 Å². The minimum absolute atomic E-state index is 0.227. The molecular formula is C12H6F4INO. The van der Waals surface area contributed by atoms with Crippen molar-refractivity contribution >= 4 is 22.6 Å². The molecule has 0 saturated carbocycles. The molecule has 0 aliphatic carbocycles. The van der Waals surface area contributed by atoms with Gasteiger partial charge in [-0.3, -0.25) is 0 Å². The number of ether oxygens (including phenoxy) is 1. The van der Waals surface area contributed by atoms with E-state index < -0.39 is 12.3 Å². The Kier molecular flexibility index (Phi) is 3.93. The fraction of sp³-hybridized carbons (Fsp3) is 0.0833. The maximum atomic E-state index is 13.5. The van der Waals surface area contributed by atoms with Crippen LogP contribution in [0, 0.1) is 9.52 Å². The highest BCUT2D eigenvalue weighted by Gasteiger charge is 2.30. The van der Waals surface area contributed by atoms with E-state index in [-0.39, 0.29) is 11.3 Å². The molecule has 0 atom stereocenters. The molecule has 0 bridgehead atoms. The lowest BCUT2D eigenvalue weighted by molar-refractivity contribution is -0.274. The number of halogens is 5.